The Morgan fingerprint density at radius 1 is 1.29 bits per heavy atom. The lowest BCUT2D eigenvalue weighted by molar-refractivity contribution is 0.102. The lowest BCUT2D eigenvalue weighted by Gasteiger charge is -2.26. The highest BCUT2D eigenvalue weighted by Crippen LogP contribution is 2.29. The molecule has 10 nitrogen and oxygen atoms in total. The van der Waals surface area contributed by atoms with Gasteiger partial charge in [-0.1, -0.05) is 0 Å². The third-order valence-electron chi connectivity index (χ3n) is 5.20. The van der Waals surface area contributed by atoms with Crippen LogP contribution in [0.25, 0.3) is 0 Å². The largest absolute Gasteiger partial charge is 0.398 e. The number of nitrogens with one attached hydrogen (secondary N) is 2. The van der Waals surface area contributed by atoms with Crippen molar-refractivity contribution in [1.29, 1.82) is 0 Å². The number of benzene rings is 1. The summed E-state index contributed by atoms with van der Waals surface area (Å²) in [7, 11) is 0.0616. The Labute approximate surface area is 180 Å². The number of fused-ring (bicyclic) bond motifs is 1. The number of H-pyrrole nitrogens is 1. The summed E-state index contributed by atoms with van der Waals surface area (Å²) in [5, 5.41) is 9.84. The van der Waals surface area contributed by atoms with Crippen LogP contribution < -0.4 is 16.0 Å². The molecule has 1 amide bonds. The molecule has 162 valence electrons. The van der Waals surface area contributed by atoms with Crippen molar-refractivity contribution in [1.82, 2.24) is 19.5 Å². The minimum atomic E-state index is -3.71. The van der Waals surface area contributed by atoms with Crippen molar-refractivity contribution in [2.45, 2.75) is 17.9 Å². The first-order valence-corrected chi connectivity index (χ1v) is 11.1. The Morgan fingerprint density at radius 2 is 2.10 bits per heavy atom. The lowest BCUT2D eigenvalue weighted by atomic mass is 10.1. The number of nitrogen functional groups attached to an aromatic ring is 1. The van der Waals surface area contributed by atoms with Crippen LogP contribution in [0.4, 0.5) is 17.2 Å². The van der Waals surface area contributed by atoms with Gasteiger partial charge in [0.15, 0.2) is 5.82 Å². The van der Waals surface area contributed by atoms with E-state index >= 15 is 0 Å². The second kappa shape index (κ2) is 8.00. The van der Waals surface area contributed by atoms with Gasteiger partial charge in [0.1, 0.15) is 4.90 Å². The number of pyridine rings is 1. The fourth-order valence-corrected chi connectivity index (χ4v) is 4.81. The van der Waals surface area contributed by atoms with E-state index in [0.717, 1.165) is 11.4 Å². The SMILES string of the molecule is CN(C)c1ccc(C(=O)Nc2n[nH]c3c2CN(S(=O)(=O)c2cccnc2)CC3)c(N)c1. The van der Waals surface area contributed by atoms with Crippen molar-refractivity contribution in [2.24, 2.45) is 0 Å². The first kappa shape index (κ1) is 20.8. The molecule has 3 heterocycles. The maximum atomic E-state index is 13.0. The molecule has 2 aromatic heterocycles. The molecule has 1 aliphatic rings. The molecule has 0 spiro atoms. The molecule has 0 fully saturated rings. The predicted molar refractivity (Wildman–Crippen MR) is 117 cm³/mol. The Hall–Kier alpha value is -3.44. The zero-order chi connectivity index (χ0) is 22.2. The van der Waals surface area contributed by atoms with Crippen LogP contribution in [-0.4, -0.2) is 54.5 Å². The van der Waals surface area contributed by atoms with Gasteiger partial charge in [0, 0.05) is 68.6 Å². The molecule has 1 aromatic carbocycles. The number of sulfonamides is 1. The molecule has 4 N–H and O–H groups in total. The summed E-state index contributed by atoms with van der Waals surface area (Å²) in [5.41, 5.74) is 9.03. The average molecular weight is 442 g/mol. The monoisotopic (exact) mass is 441 g/mol. The second-order valence-corrected chi connectivity index (χ2v) is 9.36. The van der Waals surface area contributed by atoms with Crippen LogP contribution in [0, 0.1) is 0 Å². The number of anilines is 3. The van der Waals surface area contributed by atoms with E-state index < -0.39 is 15.9 Å². The lowest BCUT2D eigenvalue weighted by Crippen LogP contribution is -2.36. The molecular weight excluding hydrogens is 418 g/mol. The van der Waals surface area contributed by atoms with Crippen LogP contribution >= 0.6 is 0 Å². The zero-order valence-corrected chi connectivity index (χ0v) is 18.0. The van der Waals surface area contributed by atoms with Gasteiger partial charge >= 0.3 is 0 Å². The van der Waals surface area contributed by atoms with Crippen molar-refractivity contribution in [3.8, 4) is 0 Å². The smallest absolute Gasteiger partial charge is 0.258 e. The molecule has 0 aliphatic carbocycles. The molecule has 0 atom stereocenters. The van der Waals surface area contributed by atoms with E-state index in [1.54, 1.807) is 24.3 Å². The topological polar surface area (TPSA) is 137 Å². The van der Waals surface area contributed by atoms with Gasteiger partial charge in [0.05, 0.1) is 5.56 Å². The zero-order valence-electron chi connectivity index (χ0n) is 17.2. The summed E-state index contributed by atoms with van der Waals surface area (Å²) in [6, 6.07) is 8.26. The Kier molecular flexibility index (Phi) is 5.38. The summed E-state index contributed by atoms with van der Waals surface area (Å²) >= 11 is 0. The van der Waals surface area contributed by atoms with Crippen LogP contribution in [0.15, 0.2) is 47.6 Å². The normalized spacial score (nSPS) is 14.1. The predicted octanol–water partition coefficient (Wildman–Crippen LogP) is 1.45. The summed E-state index contributed by atoms with van der Waals surface area (Å²) in [5.74, 6) is -0.119. The minimum Gasteiger partial charge on any atom is -0.398 e. The van der Waals surface area contributed by atoms with Gasteiger partial charge in [0.2, 0.25) is 10.0 Å². The fourth-order valence-electron chi connectivity index (χ4n) is 3.44. The fraction of sp³-hybridized carbons (Fsp3) is 0.250. The van der Waals surface area contributed by atoms with Crippen molar-refractivity contribution < 1.29 is 13.2 Å². The number of amides is 1. The summed E-state index contributed by atoms with van der Waals surface area (Å²) in [6.07, 6.45) is 3.30. The second-order valence-electron chi connectivity index (χ2n) is 7.43. The van der Waals surface area contributed by atoms with Crippen molar-refractivity contribution in [3.05, 3.63) is 59.5 Å². The molecule has 11 heteroatoms. The molecule has 0 unspecified atom stereocenters. The quantitative estimate of drug-likeness (QED) is 0.510. The third-order valence-corrected chi connectivity index (χ3v) is 7.03. The summed E-state index contributed by atoms with van der Waals surface area (Å²) in [6.45, 7) is 0.395. The highest BCUT2D eigenvalue weighted by atomic mass is 32.2. The molecule has 4 rings (SSSR count). The summed E-state index contributed by atoms with van der Waals surface area (Å²) < 4.78 is 27.3. The molecule has 0 saturated heterocycles. The van der Waals surface area contributed by atoms with Crippen LogP contribution in [0.1, 0.15) is 21.6 Å². The molecular formula is C20H23N7O3S. The van der Waals surface area contributed by atoms with Crippen LogP contribution in [0.2, 0.25) is 0 Å². The van der Waals surface area contributed by atoms with E-state index in [4.69, 9.17) is 5.73 Å². The van der Waals surface area contributed by atoms with E-state index in [0.29, 0.717) is 35.6 Å². The highest BCUT2D eigenvalue weighted by Gasteiger charge is 2.31. The number of nitrogens with two attached hydrogens (primary N) is 1. The number of hydrogen-bond acceptors (Lipinski definition) is 7. The van der Waals surface area contributed by atoms with E-state index in [1.807, 2.05) is 19.0 Å². The number of aromatic amines is 1. The average Bonchev–Trinajstić information content (AvgIpc) is 3.16. The Balaban J connectivity index is 1.56. The van der Waals surface area contributed by atoms with Gasteiger partial charge in [-0.05, 0) is 30.3 Å². The van der Waals surface area contributed by atoms with Gasteiger partial charge in [-0.15, -0.1) is 0 Å². The van der Waals surface area contributed by atoms with Gasteiger partial charge in [-0.3, -0.25) is 14.9 Å². The standard InChI is InChI=1S/C20H23N7O3S/c1-26(2)13-5-6-15(17(21)10-13)20(28)23-19-16-12-27(9-7-18(16)24-25-19)31(29,30)14-4-3-8-22-11-14/h3-6,8,10-11H,7,9,12,21H2,1-2H3,(H2,23,24,25,28). The van der Waals surface area contributed by atoms with Gasteiger partial charge in [-0.25, -0.2) is 8.42 Å². The third kappa shape index (κ3) is 3.97. The van der Waals surface area contributed by atoms with Crippen molar-refractivity contribution in [3.63, 3.8) is 0 Å². The molecule has 31 heavy (non-hydrogen) atoms. The first-order chi connectivity index (χ1) is 14.8. The number of rotatable bonds is 5. The molecule has 3 aromatic rings. The number of nitrogens with zero attached hydrogens (tertiary/aromatic N) is 4. The number of hydrogen-bond donors (Lipinski definition) is 3. The van der Waals surface area contributed by atoms with Crippen LogP contribution in [0.5, 0.6) is 0 Å². The first-order valence-electron chi connectivity index (χ1n) is 9.62. The van der Waals surface area contributed by atoms with Crippen LogP contribution in [-0.2, 0) is 23.0 Å². The van der Waals surface area contributed by atoms with E-state index in [1.165, 1.54) is 22.8 Å². The molecule has 0 saturated carbocycles. The van der Waals surface area contributed by atoms with Gasteiger partial charge in [0.25, 0.3) is 5.91 Å². The van der Waals surface area contributed by atoms with E-state index in [-0.39, 0.29) is 11.4 Å². The molecule has 1 aliphatic heterocycles. The number of carbonyl (C=O) groups excluding carboxylic acids is 1. The number of aromatic nitrogens is 3. The van der Waals surface area contributed by atoms with E-state index in [9.17, 15) is 13.2 Å². The summed E-state index contributed by atoms with van der Waals surface area (Å²) in [4.78, 5) is 18.7. The Bertz CT molecular complexity index is 1220. The van der Waals surface area contributed by atoms with Gasteiger partial charge in [-0.2, -0.15) is 9.40 Å². The maximum Gasteiger partial charge on any atom is 0.258 e. The Morgan fingerprint density at radius 3 is 2.77 bits per heavy atom. The minimum absolute atomic E-state index is 0.0910. The molecule has 0 radical (unpaired) electrons. The molecule has 0 bridgehead atoms. The van der Waals surface area contributed by atoms with E-state index in [2.05, 4.69) is 20.5 Å². The van der Waals surface area contributed by atoms with Crippen molar-refractivity contribution >= 4 is 33.1 Å². The van der Waals surface area contributed by atoms with Gasteiger partial charge < -0.3 is 16.0 Å². The maximum absolute atomic E-state index is 13.0. The van der Waals surface area contributed by atoms with Crippen molar-refractivity contribution in [2.75, 3.05) is 36.6 Å². The van der Waals surface area contributed by atoms with Crippen LogP contribution in [0.3, 0.4) is 0 Å². The number of carbonyl (C=O) groups is 1. The highest BCUT2D eigenvalue weighted by molar-refractivity contribution is 7.89.